The molecule has 0 saturated carbocycles. The van der Waals surface area contributed by atoms with E-state index >= 15 is 0 Å². The molecule has 1 aliphatic heterocycles. The van der Waals surface area contributed by atoms with E-state index < -0.39 is 0 Å². The summed E-state index contributed by atoms with van der Waals surface area (Å²) >= 11 is 0. The lowest BCUT2D eigenvalue weighted by Crippen LogP contribution is -2.29. The van der Waals surface area contributed by atoms with Crippen molar-refractivity contribution >= 4 is 17.5 Å². The molecular weight excluding hydrogens is 340 g/mol. The van der Waals surface area contributed by atoms with E-state index in [1.165, 1.54) is 5.56 Å². The predicted octanol–water partition coefficient (Wildman–Crippen LogP) is 2.99. The van der Waals surface area contributed by atoms with Crippen LogP contribution in [0.25, 0.3) is 0 Å². The average molecular weight is 366 g/mol. The fraction of sp³-hybridized carbons (Fsp3) is 0.364. The van der Waals surface area contributed by atoms with Crippen LogP contribution in [-0.2, 0) is 22.6 Å². The molecule has 2 aromatic rings. The highest BCUT2D eigenvalue weighted by Crippen LogP contribution is 2.22. The topological polar surface area (TPSA) is 69.6 Å². The number of para-hydroxylation sites is 1. The van der Waals surface area contributed by atoms with Gasteiger partial charge in [0.25, 0.3) is 0 Å². The summed E-state index contributed by atoms with van der Waals surface area (Å²) < 4.78 is 0. The van der Waals surface area contributed by atoms with Crippen LogP contribution < -0.4 is 5.32 Å². The third kappa shape index (κ3) is 5.66. The molecule has 5 heteroatoms. The third-order valence-corrected chi connectivity index (χ3v) is 4.96. The van der Waals surface area contributed by atoms with E-state index in [-0.39, 0.29) is 31.3 Å². The molecule has 0 radical (unpaired) electrons. The van der Waals surface area contributed by atoms with Gasteiger partial charge in [-0.1, -0.05) is 42.5 Å². The van der Waals surface area contributed by atoms with Gasteiger partial charge in [-0.2, -0.15) is 0 Å². The van der Waals surface area contributed by atoms with Crippen LogP contribution >= 0.6 is 0 Å². The maximum Gasteiger partial charge on any atom is 0.224 e. The van der Waals surface area contributed by atoms with Crippen LogP contribution in [0.4, 0.5) is 5.69 Å². The van der Waals surface area contributed by atoms with Gasteiger partial charge in [-0.25, -0.2) is 0 Å². The molecule has 0 aliphatic carbocycles. The summed E-state index contributed by atoms with van der Waals surface area (Å²) in [7, 11) is 0. The second-order valence-corrected chi connectivity index (χ2v) is 7.09. The Hall–Kier alpha value is -2.66. The molecule has 1 unspecified atom stereocenters. The lowest BCUT2D eigenvalue weighted by molar-refractivity contribution is -0.132. The van der Waals surface area contributed by atoms with Crippen LogP contribution in [0.1, 0.15) is 30.4 Å². The smallest absolute Gasteiger partial charge is 0.224 e. The van der Waals surface area contributed by atoms with Crippen molar-refractivity contribution in [2.24, 2.45) is 5.92 Å². The second kappa shape index (κ2) is 9.33. The first-order valence-corrected chi connectivity index (χ1v) is 9.45. The van der Waals surface area contributed by atoms with Crippen LogP contribution in [0.3, 0.4) is 0 Å². The molecule has 1 fully saturated rings. The SMILES string of the molecule is O=C(CCC(=O)N1CCC(Cc2cccc(CO)c2)C1)Nc1ccccc1. The molecule has 2 amide bonds. The minimum absolute atomic E-state index is 0.0461. The number of carbonyl (C=O) groups is 2. The van der Waals surface area contributed by atoms with E-state index in [1.807, 2.05) is 53.4 Å². The molecule has 1 saturated heterocycles. The first kappa shape index (κ1) is 19.1. The highest BCUT2D eigenvalue weighted by molar-refractivity contribution is 5.93. The Bertz CT molecular complexity index is 776. The van der Waals surface area contributed by atoms with E-state index in [9.17, 15) is 14.7 Å². The molecule has 0 bridgehead atoms. The molecule has 1 heterocycles. The molecule has 0 spiro atoms. The molecule has 2 aromatic carbocycles. The van der Waals surface area contributed by atoms with Crippen LogP contribution in [0.15, 0.2) is 54.6 Å². The van der Waals surface area contributed by atoms with Gasteiger partial charge >= 0.3 is 0 Å². The number of hydrogen-bond acceptors (Lipinski definition) is 3. The van der Waals surface area contributed by atoms with Gasteiger partial charge in [0.05, 0.1) is 6.61 Å². The van der Waals surface area contributed by atoms with Crippen LogP contribution in [-0.4, -0.2) is 34.9 Å². The van der Waals surface area contributed by atoms with Crippen molar-refractivity contribution in [3.05, 3.63) is 65.7 Å². The number of hydrogen-bond donors (Lipinski definition) is 2. The molecule has 1 aliphatic rings. The number of aliphatic hydroxyl groups is 1. The van der Waals surface area contributed by atoms with Crippen LogP contribution in [0, 0.1) is 5.92 Å². The molecular formula is C22H26N2O3. The van der Waals surface area contributed by atoms with Gasteiger partial charge in [-0.15, -0.1) is 0 Å². The van der Waals surface area contributed by atoms with Gasteiger partial charge in [0.2, 0.25) is 11.8 Å². The zero-order valence-corrected chi connectivity index (χ0v) is 15.4. The summed E-state index contributed by atoms with van der Waals surface area (Å²) in [4.78, 5) is 26.3. The van der Waals surface area contributed by atoms with Crippen LogP contribution in [0.2, 0.25) is 0 Å². The lowest BCUT2D eigenvalue weighted by Gasteiger charge is -2.17. The van der Waals surface area contributed by atoms with E-state index in [4.69, 9.17) is 0 Å². The maximum atomic E-state index is 12.4. The fourth-order valence-electron chi connectivity index (χ4n) is 3.54. The highest BCUT2D eigenvalue weighted by atomic mass is 16.3. The number of benzene rings is 2. The zero-order valence-electron chi connectivity index (χ0n) is 15.4. The summed E-state index contributed by atoms with van der Waals surface area (Å²) in [6.45, 7) is 1.54. The van der Waals surface area contributed by atoms with Gasteiger partial charge in [0.15, 0.2) is 0 Å². The molecule has 5 nitrogen and oxygen atoms in total. The molecule has 27 heavy (non-hydrogen) atoms. The Kier molecular flexibility index (Phi) is 6.60. The van der Waals surface area contributed by atoms with Crippen molar-refractivity contribution in [1.82, 2.24) is 4.90 Å². The number of amides is 2. The number of likely N-dealkylation sites (tertiary alicyclic amines) is 1. The first-order valence-electron chi connectivity index (χ1n) is 9.45. The predicted molar refractivity (Wildman–Crippen MR) is 105 cm³/mol. The molecule has 1 atom stereocenters. The second-order valence-electron chi connectivity index (χ2n) is 7.09. The Morgan fingerprint density at radius 1 is 1.04 bits per heavy atom. The summed E-state index contributed by atoms with van der Waals surface area (Å²) in [5.41, 5.74) is 2.87. The fourth-order valence-corrected chi connectivity index (χ4v) is 3.54. The van der Waals surface area contributed by atoms with Crippen molar-refractivity contribution in [2.75, 3.05) is 18.4 Å². The Morgan fingerprint density at radius 2 is 1.81 bits per heavy atom. The van der Waals surface area contributed by atoms with Gasteiger partial charge in [-0.05, 0) is 42.0 Å². The van der Waals surface area contributed by atoms with Gasteiger partial charge in [0, 0.05) is 31.6 Å². The third-order valence-electron chi connectivity index (χ3n) is 4.96. The van der Waals surface area contributed by atoms with Crippen LogP contribution in [0.5, 0.6) is 0 Å². The molecule has 0 aromatic heterocycles. The Morgan fingerprint density at radius 3 is 2.59 bits per heavy atom. The largest absolute Gasteiger partial charge is 0.392 e. The first-order chi connectivity index (χ1) is 13.1. The van der Waals surface area contributed by atoms with Crippen molar-refractivity contribution in [3.63, 3.8) is 0 Å². The van der Waals surface area contributed by atoms with Crippen molar-refractivity contribution in [2.45, 2.75) is 32.3 Å². The number of nitrogens with one attached hydrogen (secondary N) is 1. The number of anilines is 1. The number of carbonyl (C=O) groups excluding carboxylic acids is 2. The van der Waals surface area contributed by atoms with E-state index in [1.54, 1.807) is 0 Å². The number of aliphatic hydroxyl groups excluding tert-OH is 1. The maximum absolute atomic E-state index is 12.4. The van der Waals surface area contributed by atoms with Gasteiger partial charge in [0.1, 0.15) is 0 Å². The zero-order chi connectivity index (χ0) is 19.1. The monoisotopic (exact) mass is 366 g/mol. The van der Waals surface area contributed by atoms with Crippen molar-refractivity contribution in [1.29, 1.82) is 0 Å². The molecule has 3 rings (SSSR count). The van der Waals surface area contributed by atoms with E-state index in [2.05, 4.69) is 11.4 Å². The summed E-state index contributed by atoms with van der Waals surface area (Å²) in [6, 6.07) is 17.2. The highest BCUT2D eigenvalue weighted by Gasteiger charge is 2.26. The van der Waals surface area contributed by atoms with E-state index in [0.717, 1.165) is 37.2 Å². The van der Waals surface area contributed by atoms with Gasteiger partial charge in [-0.3, -0.25) is 9.59 Å². The normalized spacial score (nSPS) is 16.3. The Labute approximate surface area is 160 Å². The standard InChI is InChI=1S/C22H26N2O3/c25-16-19-6-4-5-17(14-19)13-18-11-12-24(15-18)22(27)10-9-21(26)23-20-7-2-1-3-8-20/h1-8,14,18,25H,9-13,15-16H2,(H,23,26). The minimum Gasteiger partial charge on any atom is -0.392 e. The summed E-state index contributed by atoms with van der Waals surface area (Å²) in [5, 5.41) is 12.1. The Balaban J connectivity index is 1.42. The van der Waals surface area contributed by atoms with Gasteiger partial charge < -0.3 is 15.3 Å². The van der Waals surface area contributed by atoms with E-state index in [0.29, 0.717) is 5.92 Å². The quantitative estimate of drug-likeness (QED) is 0.791. The number of rotatable bonds is 7. The van der Waals surface area contributed by atoms with Crippen molar-refractivity contribution in [3.8, 4) is 0 Å². The minimum atomic E-state index is -0.133. The average Bonchev–Trinajstić information content (AvgIpc) is 3.15. The summed E-state index contributed by atoms with van der Waals surface area (Å²) in [5.74, 6) is 0.344. The molecule has 142 valence electrons. The molecule has 2 N–H and O–H groups in total. The van der Waals surface area contributed by atoms with Crippen molar-refractivity contribution < 1.29 is 14.7 Å². The number of nitrogens with zero attached hydrogens (tertiary/aromatic N) is 1. The summed E-state index contributed by atoms with van der Waals surface area (Å²) in [6.07, 6.45) is 2.33. The lowest BCUT2D eigenvalue weighted by atomic mass is 9.97.